The van der Waals surface area contributed by atoms with Crippen molar-refractivity contribution in [2.45, 2.75) is 70.6 Å². The first-order chi connectivity index (χ1) is 26.5. The summed E-state index contributed by atoms with van der Waals surface area (Å²) < 4.78 is 6.98. The first kappa shape index (κ1) is 31.6. The highest BCUT2D eigenvalue weighted by molar-refractivity contribution is 6.94. The summed E-state index contributed by atoms with van der Waals surface area (Å²) in [5.41, 5.74) is 19.0. The van der Waals surface area contributed by atoms with Gasteiger partial charge in [-0.1, -0.05) is 126 Å². The van der Waals surface area contributed by atoms with Crippen molar-refractivity contribution in [3.8, 4) is 11.1 Å². The molecule has 7 aromatic carbocycles. The fraction of sp³-hybridized carbons (Fsp3) is 0.216. The number of anilines is 5. The number of nitrogens with zero attached hydrogens (tertiary/aromatic N) is 2. The van der Waals surface area contributed by atoms with Gasteiger partial charge < -0.3 is 14.1 Å². The van der Waals surface area contributed by atoms with E-state index in [1.807, 2.05) is 0 Å². The molecule has 0 saturated heterocycles. The summed E-state index contributed by atoms with van der Waals surface area (Å²) in [6.07, 6.45) is 2.36. The van der Waals surface area contributed by atoms with E-state index in [2.05, 4.69) is 179 Å². The summed E-state index contributed by atoms with van der Waals surface area (Å²) >= 11 is 0. The average molecular weight is 711 g/mol. The van der Waals surface area contributed by atoms with Crippen LogP contribution in [0.4, 0.5) is 28.4 Å². The predicted molar refractivity (Wildman–Crippen MR) is 232 cm³/mol. The van der Waals surface area contributed by atoms with E-state index in [9.17, 15) is 0 Å². The second-order valence-electron chi connectivity index (χ2n) is 18.3. The van der Waals surface area contributed by atoms with E-state index < -0.39 is 0 Å². The maximum absolute atomic E-state index is 6.98. The minimum absolute atomic E-state index is 0.0611. The number of para-hydroxylation sites is 3. The molecule has 266 valence electrons. The molecule has 55 heavy (non-hydrogen) atoms. The van der Waals surface area contributed by atoms with Gasteiger partial charge in [0.15, 0.2) is 0 Å². The molecule has 0 bridgehead atoms. The predicted octanol–water partition coefficient (Wildman–Crippen LogP) is 12.4. The standard InChI is InChI=1S/C51H43BN2O/c1-49(2)26-27-50(3,4)39-29-31(22-24-36(39)49)54-42-25-23-34-33-16-9-12-21-43(33)55-48(34)44(42)35-28-30-14-7-8-15-32(30)46-45(35)52(54)40-19-13-18-38-47(40)53(46)41-20-11-10-17-37(41)51(38,5)6/h7-25,28-29H,26-27H2,1-6H3. The minimum atomic E-state index is -0.178. The molecule has 0 radical (unpaired) electrons. The highest BCUT2D eigenvalue weighted by atomic mass is 16.3. The Balaban J connectivity index is 1.27. The molecule has 0 fully saturated rings. The van der Waals surface area contributed by atoms with Crippen LogP contribution in [0.3, 0.4) is 0 Å². The molecule has 1 aliphatic carbocycles. The fourth-order valence-electron chi connectivity index (χ4n) is 11.1. The first-order valence-electron chi connectivity index (χ1n) is 20.0. The van der Waals surface area contributed by atoms with Crippen LogP contribution in [0.15, 0.2) is 132 Å². The number of benzene rings is 7. The molecule has 0 N–H and O–H groups in total. The Morgan fingerprint density at radius 1 is 0.564 bits per heavy atom. The second-order valence-corrected chi connectivity index (χ2v) is 18.3. The van der Waals surface area contributed by atoms with Crippen LogP contribution in [0.2, 0.25) is 0 Å². The van der Waals surface area contributed by atoms with Gasteiger partial charge in [-0.05, 0) is 110 Å². The number of rotatable bonds is 1. The van der Waals surface area contributed by atoms with Gasteiger partial charge in [0.2, 0.25) is 0 Å². The molecular formula is C51H43BN2O. The SMILES string of the molecule is CC1(C)CCC(C)(C)c2cc(N3B4c5cccc6c5N(c5ccccc5C6(C)C)c5c4c(cc4ccccc54)-c4c3ccc3c4oc4ccccc43)ccc21. The Morgan fingerprint density at radius 2 is 1.29 bits per heavy atom. The normalized spacial score (nSPS) is 17.8. The molecule has 4 heterocycles. The average Bonchev–Trinajstić information content (AvgIpc) is 3.58. The highest BCUT2D eigenvalue weighted by Gasteiger charge is 2.51. The van der Waals surface area contributed by atoms with E-state index in [0.29, 0.717) is 0 Å². The lowest BCUT2D eigenvalue weighted by atomic mass is 9.42. The van der Waals surface area contributed by atoms with Crippen molar-refractivity contribution in [3.05, 3.63) is 150 Å². The van der Waals surface area contributed by atoms with Crippen LogP contribution < -0.4 is 20.6 Å². The van der Waals surface area contributed by atoms with Gasteiger partial charge in [0.1, 0.15) is 11.2 Å². The second kappa shape index (κ2) is 10.3. The summed E-state index contributed by atoms with van der Waals surface area (Å²) in [5.74, 6) is 0. The van der Waals surface area contributed by atoms with Gasteiger partial charge in [0, 0.05) is 44.2 Å². The van der Waals surface area contributed by atoms with E-state index >= 15 is 0 Å². The van der Waals surface area contributed by atoms with Crippen molar-refractivity contribution in [3.63, 3.8) is 0 Å². The van der Waals surface area contributed by atoms with Gasteiger partial charge in [-0.15, -0.1) is 0 Å². The molecule has 0 atom stereocenters. The van der Waals surface area contributed by atoms with Crippen LogP contribution in [0.25, 0.3) is 43.8 Å². The maximum Gasteiger partial charge on any atom is 0.333 e. The molecule has 0 unspecified atom stereocenters. The van der Waals surface area contributed by atoms with Crippen molar-refractivity contribution < 1.29 is 4.42 Å². The van der Waals surface area contributed by atoms with Crippen molar-refractivity contribution in [2.24, 2.45) is 0 Å². The largest absolute Gasteiger partial charge is 0.455 e. The third-order valence-electron chi connectivity index (χ3n) is 14.1. The molecule has 3 nitrogen and oxygen atoms in total. The molecule has 0 amide bonds. The molecule has 4 heteroatoms. The van der Waals surface area contributed by atoms with Crippen LogP contribution in [-0.4, -0.2) is 6.85 Å². The van der Waals surface area contributed by atoms with Crippen LogP contribution in [0, 0.1) is 0 Å². The number of hydrogen-bond donors (Lipinski definition) is 0. The Bertz CT molecular complexity index is 3000. The van der Waals surface area contributed by atoms with Gasteiger partial charge in [-0.2, -0.15) is 0 Å². The third kappa shape index (κ3) is 3.92. The lowest BCUT2D eigenvalue weighted by Gasteiger charge is -2.51. The molecule has 1 aromatic heterocycles. The number of hydrogen-bond acceptors (Lipinski definition) is 3. The van der Waals surface area contributed by atoms with Crippen LogP contribution in [-0.2, 0) is 16.2 Å². The quantitative estimate of drug-likeness (QED) is 0.158. The summed E-state index contributed by atoms with van der Waals surface area (Å²) in [6.45, 7) is 14.5. The van der Waals surface area contributed by atoms with Crippen LogP contribution >= 0.6 is 0 Å². The summed E-state index contributed by atoms with van der Waals surface area (Å²) in [6, 6.07) is 48.3. The van der Waals surface area contributed by atoms with Gasteiger partial charge in [-0.25, -0.2) is 0 Å². The van der Waals surface area contributed by atoms with Gasteiger partial charge in [0.25, 0.3) is 0 Å². The maximum atomic E-state index is 6.98. The smallest absolute Gasteiger partial charge is 0.333 e. The van der Waals surface area contributed by atoms with E-state index in [-0.39, 0.29) is 23.1 Å². The van der Waals surface area contributed by atoms with E-state index in [1.165, 1.54) is 96.4 Å². The highest BCUT2D eigenvalue weighted by Crippen LogP contribution is 2.57. The van der Waals surface area contributed by atoms with Crippen molar-refractivity contribution in [1.29, 1.82) is 0 Å². The zero-order valence-corrected chi connectivity index (χ0v) is 32.4. The Kier molecular flexibility index (Phi) is 5.92. The van der Waals surface area contributed by atoms with Crippen molar-refractivity contribution in [1.82, 2.24) is 0 Å². The first-order valence-corrected chi connectivity index (χ1v) is 20.0. The summed E-state index contributed by atoms with van der Waals surface area (Å²) in [5, 5.41) is 4.83. The third-order valence-corrected chi connectivity index (χ3v) is 14.1. The van der Waals surface area contributed by atoms with Crippen molar-refractivity contribution in [2.75, 3.05) is 9.71 Å². The van der Waals surface area contributed by atoms with E-state index in [0.717, 1.165) is 21.9 Å². The Hall–Kier alpha value is -5.74. The molecule has 3 aliphatic heterocycles. The number of fused-ring (bicyclic) bond motifs is 13. The van der Waals surface area contributed by atoms with Crippen LogP contribution in [0.5, 0.6) is 0 Å². The van der Waals surface area contributed by atoms with E-state index in [4.69, 9.17) is 4.42 Å². The Labute approximate surface area is 323 Å². The molecule has 4 aliphatic rings. The molecular weight excluding hydrogens is 667 g/mol. The molecule has 8 aromatic rings. The van der Waals surface area contributed by atoms with Gasteiger partial charge >= 0.3 is 6.85 Å². The van der Waals surface area contributed by atoms with Crippen LogP contribution in [0.1, 0.15) is 76.6 Å². The monoisotopic (exact) mass is 710 g/mol. The van der Waals surface area contributed by atoms with Gasteiger partial charge in [-0.3, -0.25) is 0 Å². The van der Waals surface area contributed by atoms with Crippen molar-refractivity contribution >= 4 is 78.9 Å². The molecule has 0 spiro atoms. The zero-order chi connectivity index (χ0) is 37.2. The van der Waals surface area contributed by atoms with E-state index in [1.54, 1.807) is 0 Å². The topological polar surface area (TPSA) is 19.6 Å². The molecule has 12 rings (SSSR count). The fourth-order valence-corrected chi connectivity index (χ4v) is 11.1. The summed E-state index contributed by atoms with van der Waals surface area (Å²) in [7, 11) is 0. The minimum Gasteiger partial charge on any atom is -0.455 e. The lowest BCUT2D eigenvalue weighted by Crippen LogP contribution is -2.62. The number of furan rings is 1. The molecule has 0 saturated carbocycles. The Morgan fingerprint density at radius 3 is 2.15 bits per heavy atom. The zero-order valence-electron chi connectivity index (χ0n) is 32.4. The lowest BCUT2D eigenvalue weighted by molar-refractivity contribution is 0.332. The van der Waals surface area contributed by atoms with Gasteiger partial charge in [0.05, 0.1) is 11.4 Å². The summed E-state index contributed by atoms with van der Waals surface area (Å²) in [4.78, 5) is 5.31.